The van der Waals surface area contributed by atoms with E-state index in [9.17, 15) is 14.9 Å². The van der Waals surface area contributed by atoms with Crippen molar-refractivity contribution in [2.24, 2.45) is 0 Å². The summed E-state index contributed by atoms with van der Waals surface area (Å²) >= 11 is 0. The topological polar surface area (TPSA) is 85.2 Å². The number of nitrogens with zero attached hydrogens (tertiary/aromatic N) is 1. The molecule has 1 rings (SSSR count). The Hall–Kier alpha value is -1.85. The third-order valence-electron chi connectivity index (χ3n) is 1.49. The van der Waals surface area contributed by atoms with E-state index in [-0.39, 0.29) is 11.5 Å². The summed E-state index contributed by atoms with van der Waals surface area (Å²) in [5.74, 6) is -0.827. The van der Waals surface area contributed by atoms with E-state index in [2.05, 4.69) is 4.98 Å². The first-order valence-corrected chi connectivity index (χ1v) is 4.36. The van der Waals surface area contributed by atoms with Crippen LogP contribution in [0.15, 0.2) is 12.1 Å². The number of ether oxygens (including phenoxy) is 1. The van der Waals surface area contributed by atoms with E-state index in [4.69, 9.17) is 4.74 Å². The van der Waals surface area contributed by atoms with Gasteiger partial charge in [-0.25, -0.2) is 9.78 Å². The van der Waals surface area contributed by atoms with Crippen LogP contribution in [0.1, 0.15) is 31.3 Å². The fourth-order valence-corrected chi connectivity index (χ4v) is 0.942. The van der Waals surface area contributed by atoms with Gasteiger partial charge in [0.25, 0.3) is 0 Å². The summed E-state index contributed by atoms with van der Waals surface area (Å²) < 4.78 is 5.02. The van der Waals surface area contributed by atoms with Crippen LogP contribution in [0.3, 0.4) is 0 Å². The summed E-state index contributed by atoms with van der Waals surface area (Å²) in [5.41, 5.74) is -0.534. The van der Waals surface area contributed by atoms with Gasteiger partial charge in [0, 0.05) is 12.1 Å². The maximum atomic E-state index is 11.4. The first kappa shape index (κ1) is 11.2. The van der Waals surface area contributed by atoms with Gasteiger partial charge in [0.15, 0.2) is 0 Å². The number of hydrogen-bond donors (Lipinski definition) is 1. The van der Waals surface area contributed by atoms with Crippen LogP contribution in [0.2, 0.25) is 0 Å². The molecule has 1 aromatic heterocycles. The monoisotopic (exact) mass is 212 g/mol. The predicted molar refractivity (Wildman–Crippen MR) is 52.6 cm³/mol. The third-order valence-corrected chi connectivity index (χ3v) is 1.49. The number of aromatic amines is 1. The van der Waals surface area contributed by atoms with Crippen molar-refractivity contribution < 1.29 is 14.5 Å². The molecule has 0 aromatic carbocycles. The SMILES string of the molecule is CC(C)(C)OC(=O)c1ccc([N+](=O)[O-])[nH]1. The standard InChI is InChI=1S/C9H12N2O4/c1-9(2,3)15-8(12)6-4-5-7(10-6)11(13)14/h4-5,10H,1-3H3. The Labute approximate surface area is 86.4 Å². The van der Waals surface area contributed by atoms with Crippen molar-refractivity contribution in [3.63, 3.8) is 0 Å². The zero-order valence-corrected chi connectivity index (χ0v) is 8.73. The van der Waals surface area contributed by atoms with Crippen molar-refractivity contribution in [1.82, 2.24) is 4.98 Å². The lowest BCUT2D eigenvalue weighted by atomic mass is 10.2. The molecular formula is C9H12N2O4. The zero-order valence-electron chi connectivity index (χ0n) is 8.73. The fraction of sp³-hybridized carbons (Fsp3) is 0.444. The number of rotatable bonds is 2. The van der Waals surface area contributed by atoms with Crippen LogP contribution >= 0.6 is 0 Å². The van der Waals surface area contributed by atoms with Gasteiger partial charge in [0.05, 0.1) is 0 Å². The van der Waals surface area contributed by atoms with Gasteiger partial charge >= 0.3 is 11.8 Å². The van der Waals surface area contributed by atoms with Crippen molar-refractivity contribution in [3.05, 3.63) is 27.9 Å². The van der Waals surface area contributed by atoms with Gasteiger partial charge in [-0.2, -0.15) is 0 Å². The quantitative estimate of drug-likeness (QED) is 0.460. The van der Waals surface area contributed by atoms with E-state index in [1.54, 1.807) is 20.8 Å². The largest absolute Gasteiger partial charge is 0.454 e. The molecule has 0 spiro atoms. The number of esters is 1. The summed E-state index contributed by atoms with van der Waals surface area (Å²) in [6.45, 7) is 5.17. The van der Waals surface area contributed by atoms with E-state index in [0.717, 1.165) is 0 Å². The van der Waals surface area contributed by atoms with Gasteiger partial charge in [-0.3, -0.25) is 0 Å². The molecule has 1 aromatic rings. The van der Waals surface area contributed by atoms with Crippen LogP contribution in [0.25, 0.3) is 0 Å². The summed E-state index contributed by atoms with van der Waals surface area (Å²) in [4.78, 5) is 23.5. The molecule has 0 aliphatic carbocycles. The molecule has 0 radical (unpaired) electrons. The Bertz CT molecular complexity index is 389. The van der Waals surface area contributed by atoms with Crippen molar-refractivity contribution in [3.8, 4) is 0 Å². The van der Waals surface area contributed by atoms with Crippen LogP contribution in [0.5, 0.6) is 0 Å². The fourth-order valence-electron chi connectivity index (χ4n) is 0.942. The molecule has 0 saturated carbocycles. The molecular weight excluding hydrogens is 200 g/mol. The maximum absolute atomic E-state index is 11.4. The van der Waals surface area contributed by atoms with Crippen LogP contribution in [-0.2, 0) is 4.74 Å². The lowest BCUT2D eigenvalue weighted by Crippen LogP contribution is -2.24. The van der Waals surface area contributed by atoms with Gasteiger partial charge in [0.1, 0.15) is 5.60 Å². The number of H-pyrrole nitrogens is 1. The summed E-state index contributed by atoms with van der Waals surface area (Å²) in [7, 11) is 0. The molecule has 0 unspecified atom stereocenters. The molecule has 1 N–H and O–H groups in total. The Morgan fingerprint density at radius 3 is 2.47 bits per heavy atom. The molecule has 0 fully saturated rings. The maximum Gasteiger partial charge on any atom is 0.378 e. The normalized spacial score (nSPS) is 11.1. The minimum Gasteiger partial charge on any atom is -0.454 e. The Morgan fingerprint density at radius 1 is 1.47 bits per heavy atom. The molecule has 0 atom stereocenters. The van der Waals surface area contributed by atoms with Gasteiger partial charge in [-0.1, -0.05) is 0 Å². The summed E-state index contributed by atoms with van der Waals surface area (Å²) in [6.07, 6.45) is 0. The molecule has 0 amide bonds. The highest BCUT2D eigenvalue weighted by Crippen LogP contribution is 2.14. The van der Waals surface area contributed by atoms with Gasteiger partial charge in [-0.05, 0) is 25.7 Å². The molecule has 0 bridgehead atoms. The molecule has 0 aliphatic rings. The highest BCUT2D eigenvalue weighted by molar-refractivity contribution is 5.88. The molecule has 82 valence electrons. The van der Waals surface area contributed by atoms with Crippen molar-refractivity contribution in [1.29, 1.82) is 0 Å². The first-order chi connectivity index (χ1) is 6.79. The van der Waals surface area contributed by atoms with Crippen LogP contribution in [-0.4, -0.2) is 21.5 Å². The second-order valence-electron chi connectivity index (χ2n) is 4.02. The van der Waals surface area contributed by atoms with Crippen molar-refractivity contribution in [2.45, 2.75) is 26.4 Å². The summed E-state index contributed by atoms with van der Waals surface area (Å²) in [5, 5.41) is 10.3. The number of nitro groups is 1. The number of nitrogens with one attached hydrogen (secondary N) is 1. The van der Waals surface area contributed by atoms with E-state index < -0.39 is 16.5 Å². The highest BCUT2D eigenvalue weighted by atomic mass is 16.6. The van der Waals surface area contributed by atoms with E-state index in [1.165, 1.54) is 12.1 Å². The molecule has 0 aliphatic heterocycles. The molecule has 1 heterocycles. The van der Waals surface area contributed by atoms with E-state index in [1.807, 2.05) is 0 Å². The van der Waals surface area contributed by atoms with Crippen molar-refractivity contribution in [2.75, 3.05) is 0 Å². The molecule has 15 heavy (non-hydrogen) atoms. The second-order valence-corrected chi connectivity index (χ2v) is 4.02. The molecule has 6 heteroatoms. The van der Waals surface area contributed by atoms with Gasteiger partial charge < -0.3 is 14.9 Å². The van der Waals surface area contributed by atoms with Crippen LogP contribution in [0.4, 0.5) is 5.82 Å². The lowest BCUT2D eigenvalue weighted by molar-refractivity contribution is -0.389. The third kappa shape index (κ3) is 3.08. The highest BCUT2D eigenvalue weighted by Gasteiger charge is 2.22. The lowest BCUT2D eigenvalue weighted by Gasteiger charge is -2.17. The number of aromatic nitrogens is 1. The first-order valence-electron chi connectivity index (χ1n) is 4.36. The zero-order chi connectivity index (χ0) is 11.6. The van der Waals surface area contributed by atoms with Crippen LogP contribution in [0, 0.1) is 10.1 Å². The molecule has 0 saturated heterocycles. The summed E-state index contributed by atoms with van der Waals surface area (Å²) in [6, 6.07) is 2.55. The van der Waals surface area contributed by atoms with E-state index in [0.29, 0.717) is 0 Å². The Morgan fingerprint density at radius 2 is 2.07 bits per heavy atom. The average molecular weight is 212 g/mol. The van der Waals surface area contributed by atoms with E-state index >= 15 is 0 Å². The average Bonchev–Trinajstić information content (AvgIpc) is 2.47. The van der Waals surface area contributed by atoms with Crippen LogP contribution < -0.4 is 0 Å². The smallest absolute Gasteiger partial charge is 0.378 e. The number of hydrogen-bond acceptors (Lipinski definition) is 4. The minimum absolute atomic E-state index is 0.0802. The molecule has 6 nitrogen and oxygen atoms in total. The minimum atomic E-state index is -0.614. The number of carbonyl (C=O) groups excluding carboxylic acids is 1. The number of carbonyl (C=O) groups is 1. The second kappa shape index (κ2) is 3.72. The van der Waals surface area contributed by atoms with Crippen molar-refractivity contribution >= 4 is 11.8 Å². The van der Waals surface area contributed by atoms with Gasteiger partial charge in [-0.15, -0.1) is 0 Å². The Kier molecular flexibility index (Phi) is 2.78. The predicted octanol–water partition coefficient (Wildman–Crippen LogP) is 1.88. The Balaban J connectivity index is 2.79. The van der Waals surface area contributed by atoms with Gasteiger partial charge in [0.2, 0.25) is 5.69 Å².